The molecule has 0 spiro atoms. The highest BCUT2D eigenvalue weighted by molar-refractivity contribution is 8.26. The number of likely N-dealkylation sites (N-methyl/N-ethyl adjacent to an activating group) is 1. The van der Waals surface area contributed by atoms with Gasteiger partial charge in [0, 0.05) is 12.6 Å². The average Bonchev–Trinajstić information content (AvgIpc) is 3.02. The van der Waals surface area contributed by atoms with Gasteiger partial charge in [0.15, 0.2) is 11.5 Å². The number of ether oxygens (including phenoxy) is 2. The zero-order chi connectivity index (χ0) is 23.4. The second-order valence-electron chi connectivity index (χ2n) is 6.33. The van der Waals surface area contributed by atoms with Crippen molar-refractivity contribution >= 4 is 51.7 Å². The number of nitrogens with zero attached hydrogens (tertiary/aromatic N) is 3. The summed E-state index contributed by atoms with van der Waals surface area (Å²) in [7, 11) is 0. The Labute approximate surface area is 192 Å². The van der Waals surface area contributed by atoms with Gasteiger partial charge in [-0.25, -0.2) is 0 Å². The molecule has 0 aliphatic carbocycles. The molecule has 3 rings (SSSR count). The number of hydrogen-bond donors (Lipinski definition) is 0. The minimum absolute atomic E-state index is 0.168. The predicted octanol–water partition coefficient (Wildman–Crippen LogP) is 4.92. The zero-order valence-corrected chi connectivity index (χ0v) is 18.6. The molecule has 32 heavy (non-hydrogen) atoms. The van der Waals surface area contributed by atoms with Gasteiger partial charge in [0.05, 0.1) is 27.4 Å². The largest absolute Gasteiger partial charge is 0.490 e. The van der Waals surface area contributed by atoms with Crippen molar-refractivity contribution in [1.29, 1.82) is 0 Å². The van der Waals surface area contributed by atoms with Crippen molar-refractivity contribution in [2.24, 2.45) is 0 Å². The van der Waals surface area contributed by atoms with E-state index in [0.29, 0.717) is 33.7 Å². The fourth-order valence-electron chi connectivity index (χ4n) is 2.86. The lowest BCUT2D eigenvalue weighted by Gasteiger charge is -2.13. The van der Waals surface area contributed by atoms with Crippen molar-refractivity contribution in [2.75, 3.05) is 13.2 Å². The Morgan fingerprint density at radius 2 is 1.78 bits per heavy atom. The van der Waals surface area contributed by atoms with Crippen LogP contribution >= 0.6 is 24.0 Å². The maximum atomic E-state index is 12.4. The van der Waals surface area contributed by atoms with Crippen LogP contribution < -0.4 is 9.47 Å². The number of thioether (sulfide) groups is 1. The molecule has 1 heterocycles. The Morgan fingerprint density at radius 1 is 1.06 bits per heavy atom. The van der Waals surface area contributed by atoms with E-state index in [-0.39, 0.29) is 17.4 Å². The van der Waals surface area contributed by atoms with Gasteiger partial charge in [-0.05, 0) is 43.7 Å². The van der Waals surface area contributed by atoms with Crippen LogP contribution in [-0.2, 0) is 4.79 Å². The lowest BCUT2D eigenvalue weighted by atomic mass is 10.1. The number of benzene rings is 2. The molecule has 1 aliphatic rings. The van der Waals surface area contributed by atoms with Crippen molar-refractivity contribution < 1.29 is 24.1 Å². The average molecular weight is 476 g/mol. The summed E-state index contributed by atoms with van der Waals surface area (Å²) < 4.78 is 11.8. The molecule has 0 unspecified atom stereocenters. The summed E-state index contributed by atoms with van der Waals surface area (Å²) in [5.74, 6) is 0.127. The van der Waals surface area contributed by atoms with Crippen LogP contribution in [0.15, 0.2) is 41.3 Å². The van der Waals surface area contributed by atoms with E-state index in [9.17, 15) is 25.0 Å². The molecule has 1 aliphatic heterocycles. The summed E-state index contributed by atoms with van der Waals surface area (Å²) >= 11 is 6.42. The fourth-order valence-corrected chi connectivity index (χ4v) is 4.24. The third kappa shape index (κ3) is 4.86. The monoisotopic (exact) mass is 475 g/mol. The number of rotatable bonds is 8. The first-order valence-corrected chi connectivity index (χ1v) is 10.6. The molecule has 0 radical (unpaired) electrons. The summed E-state index contributed by atoms with van der Waals surface area (Å²) in [4.78, 5) is 35.2. The van der Waals surface area contributed by atoms with Crippen molar-refractivity contribution in [2.45, 2.75) is 13.8 Å². The molecule has 0 saturated carbocycles. The summed E-state index contributed by atoms with van der Waals surface area (Å²) in [5, 5.41) is 22.3. The van der Waals surface area contributed by atoms with Crippen LogP contribution in [-0.4, -0.2) is 38.1 Å². The molecular formula is C20H17N3O7S2. The normalized spacial score (nSPS) is 14.7. The summed E-state index contributed by atoms with van der Waals surface area (Å²) in [5.41, 5.74) is -0.321. The number of nitro groups is 2. The highest BCUT2D eigenvalue weighted by Gasteiger charge is 2.30. The number of thiocarbonyl (C=S) groups is 1. The van der Waals surface area contributed by atoms with Crippen LogP contribution in [0, 0.1) is 20.2 Å². The highest BCUT2D eigenvalue weighted by atomic mass is 32.2. The van der Waals surface area contributed by atoms with Gasteiger partial charge in [-0.2, -0.15) is 0 Å². The van der Waals surface area contributed by atoms with E-state index < -0.39 is 21.2 Å². The van der Waals surface area contributed by atoms with Gasteiger partial charge in [-0.3, -0.25) is 29.9 Å². The highest BCUT2D eigenvalue weighted by Crippen LogP contribution is 2.39. The Kier molecular flexibility index (Phi) is 7.05. The molecule has 10 nitrogen and oxygen atoms in total. The van der Waals surface area contributed by atoms with Gasteiger partial charge >= 0.3 is 5.69 Å². The Hall–Kier alpha value is -3.51. The molecule has 2 aromatic rings. The van der Waals surface area contributed by atoms with Crippen LogP contribution in [0.3, 0.4) is 0 Å². The molecular weight excluding hydrogens is 458 g/mol. The number of amides is 1. The predicted molar refractivity (Wildman–Crippen MR) is 123 cm³/mol. The van der Waals surface area contributed by atoms with Gasteiger partial charge in [0.25, 0.3) is 11.6 Å². The molecule has 1 fully saturated rings. The standard InChI is InChI=1S/C20H17N3O7S2/c1-3-21-19(24)18(32-20(21)31)10-12-5-7-16(17(9-12)29-4-2)30-15-8-6-13(22(25)26)11-14(15)23(27)28/h5-11H,3-4H2,1-2H3/b18-10-. The van der Waals surface area contributed by atoms with Gasteiger partial charge in [0.1, 0.15) is 4.32 Å². The van der Waals surface area contributed by atoms with Crippen LogP contribution in [0.4, 0.5) is 11.4 Å². The van der Waals surface area contributed by atoms with E-state index in [2.05, 4.69) is 0 Å². The van der Waals surface area contributed by atoms with Crippen LogP contribution in [0.5, 0.6) is 17.2 Å². The minimum atomic E-state index is -0.757. The van der Waals surface area contributed by atoms with Crippen molar-refractivity contribution in [3.8, 4) is 17.2 Å². The van der Waals surface area contributed by atoms with Gasteiger partial charge in [-0.15, -0.1) is 0 Å². The van der Waals surface area contributed by atoms with E-state index >= 15 is 0 Å². The smallest absolute Gasteiger partial charge is 0.318 e. The molecule has 166 valence electrons. The molecule has 0 atom stereocenters. The Bertz CT molecular complexity index is 1150. The molecule has 0 aromatic heterocycles. The van der Waals surface area contributed by atoms with E-state index in [1.54, 1.807) is 31.2 Å². The number of carbonyl (C=O) groups excluding carboxylic acids is 1. The second kappa shape index (κ2) is 9.75. The molecule has 1 amide bonds. The summed E-state index contributed by atoms with van der Waals surface area (Å²) in [6.45, 7) is 4.37. The quantitative estimate of drug-likeness (QED) is 0.226. The summed E-state index contributed by atoms with van der Waals surface area (Å²) in [6.07, 6.45) is 1.68. The maximum Gasteiger partial charge on any atom is 0.318 e. The molecule has 1 saturated heterocycles. The molecule has 0 N–H and O–H groups in total. The topological polar surface area (TPSA) is 125 Å². The Morgan fingerprint density at radius 3 is 2.38 bits per heavy atom. The van der Waals surface area contributed by atoms with Crippen molar-refractivity contribution in [3.05, 3.63) is 67.1 Å². The lowest BCUT2D eigenvalue weighted by Crippen LogP contribution is -2.27. The van der Waals surface area contributed by atoms with Crippen LogP contribution in [0.1, 0.15) is 19.4 Å². The maximum absolute atomic E-state index is 12.4. The molecule has 0 bridgehead atoms. The van der Waals surface area contributed by atoms with Crippen molar-refractivity contribution in [3.63, 3.8) is 0 Å². The fraction of sp³-hybridized carbons (Fsp3) is 0.200. The zero-order valence-electron chi connectivity index (χ0n) is 17.0. The first-order chi connectivity index (χ1) is 15.2. The summed E-state index contributed by atoms with van der Waals surface area (Å²) in [6, 6.07) is 7.95. The van der Waals surface area contributed by atoms with Crippen molar-refractivity contribution in [1.82, 2.24) is 4.90 Å². The van der Waals surface area contributed by atoms with Gasteiger partial charge < -0.3 is 9.47 Å². The van der Waals surface area contributed by atoms with E-state index in [0.717, 1.165) is 18.2 Å². The number of nitro benzene ring substituents is 2. The minimum Gasteiger partial charge on any atom is -0.490 e. The van der Waals surface area contributed by atoms with Gasteiger partial charge in [-0.1, -0.05) is 30.0 Å². The van der Waals surface area contributed by atoms with E-state index in [1.165, 1.54) is 16.7 Å². The Balaban J connectivity index is 1.95. The number of non-ortho nitro benzene ring substituents is 1. The molecule has 12 heteroatoms. The first-order valence-electron chi connectivity index (χ1n) is 9.38. The number of carbonyl (C=O) groups is 1. The number of hydrogen-bond acceptors (Lipinski definition) is 9. The van der Waals surface area contributed by atoms with Crippen LogP contribution in [0.25, 0.3) is 6.08 Å². The second-order valence-corrected chi connectivity index (χ2v) is 8.01. The third-order valence-electron chi connectivity index (χ3n) is 4.33. The third-order valence-corrected chi connectivity index (χ3v) is 5.70. The van der Waals surface area contributed by atoms with Gasteiger partial charge in [0.2, 0.25) is 5.75 Å². The SMILES string of the molecule is CCOc1cc(/C=C2\SC(=S)N(CC)C2=O)ccc1Oc1ccc([N+](=O)[O-])cc1[N+](=O)[O-]. The van der Waals surface area contributed by atoms with E-state index in [4.69, 9.17) is 21.7 Å². The lowest BCUT2D eigenvalue weighted by molar-refractivity contribution is -0.394. The molecule has 2 aromatic carbocycles. The van der Waals surface area contributed by atoms with Crippen LogP contribution in [0.2, 0.25) is 0 Å². The van der Waals surface area contributed by atoms with E-state index in [1.807, 2.05) is 6.92 Å². The first kappa shape index (κ1) is 23.2.